The summed E-state index contributed by atoms with van der Waals surface area (Å²) in [5.74, 6) is 0.521. The van der Waals surface area contributed by atoms with Crippen molar-refractivity contribution in [3.8, 4) is 5.69 Å². The molecule has 1 aromatic heterocycles. The molecule has 0 spiro atoms. The zero-order valence-corrected chi connectivity index (χ0v) is 11.1. The van der Waals surface area contributed by atoms with E-state index in [4.69, 9.17) is 5.73 Å². The normalized spacial score (nSPS) is 10.9. The SMILES string of the molecule is Nc1nc2ccccc2n1-c1cccc(I)c1. The van der Waals surface area contributed by atoms with Crippen molar-refractivity contribution in [2.45, 2.75) is 0 Å². The smallest absolute Gasteiger partial charge is 0.205 e. The number of nitrogen functional groups attached to an aromatic ring is 1. The molecule has 3 rings (SSSR count). The van der Waals surface area contributed by atoms with E-state index in [1.807, 2.05) is 41.0 Å². The molecule has 3 nitrogen and oxygen atoms in total. The van der Waals surface area contributed by atoms with E-state index >= 15 is 0 Å². The first-order valence-electron chi connectivity index (χ1n) is 5.24. The Morgan fingerprint density at radius 3 is 2.71 bits per heavy atom. The standard InChI is InChI=1S/C13H10IN3/c14-9-4-3-5-10(8-9)17-12-7-2-1-6-11(12)16-13(17)15/h1-8H,(H2,15,16). The Morgan fingerprint density at radius 2 is 1.88 bits per heavy atom. The summed E-state index contributed by atoms with van der Waals surface area (Å²) >= 11 is 2.29. The van der Waals surface area contributed by atoms with Gasteiger partial charge in [0.2, 0.25) is 5.95 Å². The molecule has 0 aliphatic heterocycles. The first kappa shape index (κ1) is 10.6. The Morgan fingerprint density at radius 1 is 1.06 bits per heavy atom. The quantitative estimate of drug-likeness (QED) is 0.694. The average Bonchev–Trinajstić information content (AvgIpc) is 2.64. The first-order valence-corrected chi connectivity index (χ1v) is 6.32. The minimum Gasteiger partial charge on any atom is -0.369 e. The molecule has 4 heteroatoms. The first-order chi connectivity index (χ1) is 8.25. The van der Waals surface area contributed by atoms with Crippen LogP contribution in [0.2, 0.25) is 0 Å². The van der Waals surface area contributed by atoms with E-state index in [9.17, 15) is 0 Å². The Balaban J connectivity index is 2.33. The van der Waals surface area contributed by atoms with Gasteiger partial charge in [-0.05, 0) is 52.9 Å². The van der Waals surface area contributed by atoms with Gasteiger partial charge in [0.25, 0.3) is 0 Å². The molecule has 2 aromatic carbocycles. The van der Waals surface area contributed by atoms with Gasteiger partial charge < -0.3 is 5.73 Å². The molecule has 17 heavy (non-hydrogen) atoms. The number of anilines is 1. The van der Waals surface area contributed by atoms with Crippen LogP contribution >= 0.6 is 22.6 Å². The molecular weight excluding hydrogens is 325 g/mol. The number of nitrogens with two attached hydrogens (primary N) is 1. The number of halogens is 1. The van der Waals surface area contributed by atoms with Gasteiger partial charge in [0.1, 0.15) is 0 Å². The van der Waals surface area contributed by atoms with Crippen LogP contribution in [0.4, 0.5) is 5.95 Å². The highest BCUT2D eigenvalue weighted by Gasteiger charge is 2.08. The number of benzene rings is 2. The Hall–Kier alpha value is -1.56. The van der Waals surface area contributed by atoms with E-state index in [1.165, 1.54) is 3.57 Å². The van der Waals surface area contributed by atoms with Crippen LogP contribution in [-0.2, 0) is 0 Å². The van der Waals surface area contributed by atoms with Gasteiger partial charge in [-0.1, -0.05) is 18.2 Å². The van der Waals surface area contributed by atoms with Crippen molar-refractivity contribution in [3.05, 3.63) is 52.1 Å². The van der Waals surface area contributed by atoms with E-state index in [-0.39, 0.29) is 0 Å². The van der Waals surface area contributed by atoms with Crippen molar-refractivity contribution in [2.75, 3.05) is 5.73 Å². The fourth-order valence-corrected chi connectivity index (χ4v) is 2.46. The van der Waals surface area contributed by atoms with Crippen LogP contribution in [0.1, 0.15) is 0 Å². The Labute approximate surface area is 112 Å². The lowest BCUT2D eigenvalue weighted by molar-refractivity contribution is 1.11. The fraction of sp³-hybridized carbons (Fsp3) is 0. The third kappa shape index (κ3) is 1.78. The maximum Gasteiger partial charge on any atom is 0.205 e. The molecule has 0 bridgehead atoms. The highest BCUT2D eigenvalue weighted by atomic mass is 127. The summed E-state index contributed by atoms with van der Waals surface area (Å²) in [6, 6.07) is 16.2. The van der Waals surface area contributed by atoms with Crippen LogP contribution in [-0.4, -0.2) is 9.55 Å². The minimum absolute atomic E-state index is 0.521. The number of hydrogen-bond acceptors (Lipinski definition) is 2. The van der Waals surface area contributed by atoms with Crippen LogP contribution in [0.25, 0.3) is 16.7 Å². The molecule has 84 valence electrons. The van der Waals surface area contributed by atoms with Crippen molar-refractivity contribution in [3.63, 3.8) is 0 Å². The van der Waals surface area contributed by atoms with Crippen LogP contribution in [0.15, 0.2) is 48.5 Å². The number of imidazole rings is 1. The summed E-state index contributed by atoms with van der Waals surface area (Å²) in [6.07, 6.45) is 0. The number of fused-ring (bicyclic) bond motifs is 1. The Kier molecular flexibility index (Phi) is 2.51. The second-order valence-corrected chi connectivity index (χ2v) is 5.02. The zero-order chi connectivity index (χ0) is 11.8. The molecule has 0 saturated heterocycles. The van der Waals surface area contributed by atoms with Crippen LogP contribution in [0.3, 0.4) is 0 Å². The number of hydrogen-bond donors (Lipinski definition) is 1. The van der Waals surface area contributed by atoms with Crippen molar-refractivity contribution >= 4 is 39.6 Å². The summed E-state index contributed by atoms with van der Waals surface area (Å²) in [6.45, 7) is 0. The third-order valence-electron chi connectivity index (χ3n) is 2.65. The van der Waals surface area contributed by atoms with Gasteiger partial charge in [-0.15, -0.1) is 0 Å². The largest absolute Gasteiger partial charge is 0.369 e. The molecule has 0 fully saturated rings. The fourth-order valence-electron chi connectivity index (χ4n) is 1.93. The van der Waals surface area contributed by atoms with Crippen molar-refractivity contribution in [2.24, 2.45) is 0 Å². The lowest BCUT2D eigenvalue weighted by Gasteiger charge is -2.06. The topological polar surface area (TPSA) is 43.8 Å². The van der Waals surface area contributed by atoms with Crippen LogP contribution in [0, 0.1) is 3.57 Å². The molecular formula is C13H10IN3. The van der Waals surface area contributed by atoms with E-state index in [0.717, 1.165) is 16.7 Å². The molecule has 0 atom stereocenters. The van der Waals surface area contributed by atoms with E-state index < -0.39 is 0 Å². The molecule has 0 unspecified atom stereocenters. The van der Waals surface area contributed by atoms with Gasteiger partial charge in [0, 0.05) is 3.57 Å². The minimum atomic E-state index is 0.521. The Bertz CT molecular complexity index is 688. The van der Waals surface area contributed by atoms with Gasteiger partial charge in [-0.2, -0.15) is 0 Å². The van der Waals surface area contributed by atoms with E-state index in [2.05, 4.69) is 39.7 Å². The number of rotatable bonds is 1. The molecule has 0 saturated carbocycles. The maximum absolute atomic E-state index is 5.98. The van der Waals surface area contributed by atoms with Gasteiger partial charge >= 0.3 is 0 Å². The summed E-state index contributed by atoms with van der Waals surface area (Å²) < 4.78 is 3.15. The lowest BCUT2D eigenvalue weighted by atomic mass is 10.3. The summed E-state index contributed by atoms with van der Waals surface area (Å²) in [5.41, 5.74) is 8.98. The highest BCUT2D eigenvalue weighted by molar-refractivity contribution is 14.1. The molecule has 0 radical (unpaired) electrons. The zero-order valence-electron chi connectivity index (χ0n) is 8.97. The van der Waals surface area contributed by atoms with Crippen molar-refractivity contribution < 1.29 is 0 Å². The average molecular weight is 335 g/mol. The van der Waals surface area contributed by atoms with Gasteiger partial charge in [0.05, 0.1) is 16.7 Å². The third-order valence-corrected chi connectivity index (χ3v) is 3.32. The summed E-state index contributed by atoms with van der Waals surface area (Å²) in [5, 5.41) is 0. The predicted octanol–water partition coefficient (Wildman–Crippen LogP) is 3.21. The molecule has 0 aliphatic carbocycles. The monoisotopic (exact) mass is 335 g/mol. The predicted molar refractivity (Wildman–Crippen MR) is 78.2 cm³/mol. The molecule has 3 aromatic rings. The summed E-state index contributed by atoms with van der Waals surface area (Å²) in [4.78, 5) is 4.36. The number of para-hydroxylation sites is 2. The van der Waals surface area contributed by atoms with Gasteiger partial charge in [-0.25, -0.2) is 4.98 Å². The van der Waals surface area contributed by atoms with Crippen LogP contribution < -0.4 is 5.73 Å². The lowest BCUT2D eigenvalue weighted by Crippen LogP contribution is -2.00. The molecule has 2 N–H and O–H groups in total. The maximum atomic E-state index is 5.98. The van der Waals surface area contributed by atoms with E-state index in [0.29, 0.717) is 5.95 Å². The number of nitrogens with zero attached hydrogens (tertiary/aromatic N) is 2. The number of aromatic nitrogens is 2. The van der Waals surface area contributed by atoms with Crippen molar-refractivity contribution in [1.29, 1.82) is 0 Å². The molecule has 0 amide bonds. The van der Waals surface area contributed by atoms with Crippen LogP contribution in [0.5, 0.6) is 0 Å². The van der Waals surface area contributed by atoms with E-state index in [1.54, 1.807) is 0 Å². The summed E-state index contributed by atoms with van der Waals surface area (Å²) in [7, 11) is 0. The van der Waals surface area contributed by atoms with Gasteiger partial charge in [0.15, 0.2) is 0 Å². The molecule has 0 aliphatic rings. The second kappa shape index (κ2) is 4.03. The highest BCUT2D eigenvalue weighted by Crippen LogP contribution is 2.23. The molecule has 1 heterocycles. The van der Waals surface area contributed by atoms with Gasteiger partial charge in [-0.3, -0.25) is 4.57 Å². The second-order valence-electron chi connectivity index (χ2n) is 3.77. The van der Waals surface area contributed by atoms with Crippen molar-refractivity contribution in [1.82, 2.24) is 9.55 Å².